The fourth-order valence-corrected chi connectivity index (χ4v) is 3.17. The molecule has 0 saturated heterocycles. The van der Waals surface area contributed by atoms with E-state index in [0.717, 1.165) is 4.47 Å². The van der Waals surface area contributed by atoms with Crippen molar-refractivity contribution in [3.05, 3.63) is 40.2 Å². The van der Waals surface area contributed by atoms with Gasteiger partial charge in [0.1, 0.15) is 11.5 Å². The van der Waals surface area contributed by atoms with Crippen molar-refractivity contribution in [3.63, 3.8) is 0 Å². The molecule has 0 aliphatic heterocycles. The van der Waals surface area contributed by atoms with Crippen LogP contribution in [0, 0.1) is 0 Å². The number of anilines is 1. The van der Waals surface area contributed by atoms with Crippen LogP contribution in [-0.2, 0) is 10.2 Å². The highest BCUT2D eigenvalue weighted by molar-refractivity contribution is 9.10. The predicted molar refractivity (Wildman–Crippen MR) is 91.0 cm³/mol. The summed E-state index contributed by atoms with van der Waals surface area (Å²) in [4.78, 5) is 7.91. The molecular weight excluding hydrogens is 392 g/mol. The molecule has 2 rings (SSSR count). The summed E-state index contributed by atoms with van der Waals surface area (Å²) in [5.41, 5.74) is 1.14. The van der Waals surface area contributed by atoms with Crippen molar-refractivity contribution in [2.75, 3.05) is 11.3 Å². The van der Waals surface area contributed by atoms with E-state index in [1.165, 1.54) is 6.33 Å². The number of nitrogens with zero attached hydrogens (tertiary/aromatic N) is 2. The van der Waals surface area contributed by atoms with E-state index in [4.69, 9.17) is 11.6 Å². The maximum Gasteiger partial charge on any atom is 0.300 e. The molecule has 0 fully saturated rings. The van der Waals surface area contributed by atoms with Crippen LogP contribution in [-0.4, -0.2) is 24.9 Å². The van der Waals surface area contributed by atoms with E-state index in [-0.39, 0.29) is 11.0 Å². The molecule has 0 unspecified atom stereocenters. The molecule has 22 heavy (non-hydrogen) atoms. The first kappa shape index (κ1) is 17.1. The van der Waals surface area contributed by atoms with Gasteiger partial charge in [-0.1, -0.05) is 46.6 Å². The van der Waals surface area contributed by atoms with Crippen LogP contribution in [0.5, 0.6) is 0 Å². The lowest BCUT2D eigenvalue weighted by atomic mass is 10.1. The lowest BCUT2D eigenvalue weighted by Gasteiger charge is -2.13. The summed E-state index contributed by atoms with van der Waals surface area (Å²) < 4.78 is 29.7. The molecule has 0 saturated carbocycles. The van der Waals surface area contributed by atoms with Gasteiger partial charge in [0, 0.05) is 11.0 Å². The topological polar surface area (TPSA) is 84.0 Å². The van der Waals surface area contributed by atoms with Gasteiger partial charge >= 0.3 is 0 Å². The normalized spacial score (nSPS) is 11.4. The molecule has 0 aliphatic rings. The molecule has 0 aliphatic carbocycles. The zero-order valence-electron chi connectivity index (χ0n) is 11.7. The average molecular weight is 406 g/mol. The number of aromatic nitrogens is 2. The minimum absolute atomic E-state index is 0.130. The van der Waals surface area contributed by atoms with Gasteiger partial charge in [-0.25, -0.2) is 9.97 Å². The molecule has 9 heteroatoms. The van der Waals surface area contributed by atoms with E-state index in [9.17, 15) is 8.42 Å². The van der Waals surface area contributed by atoms with Crippen LogP contribution < -0.4 is 9.44 Å². The van der Waals surface area contributed by atoms with Gasteiger partial charge < -0.3 is 0 Å². The Kier molecular flexibility index (Phi) is 5.74. The van der Waals surface area contributed by atoms with E-state index in [1.54, 1.807) is 12.1 Å². The second-order valence-electron chi connectivity index (χ2n) is 4.39. The van der Waals surface area contributed by atoms with E-state index >= 15 is 0 Å². The van der Waals surface area contributed by atoms with E-state index in [2.05, 4.69) is 35.3 Å². The number of hydrogen-bond donors (Lipinski definition) is 2. The van der Waals surface area contributed by atoms with Crippen LogP contribution in [0.1, 0.15) is 13.3 Å². The standard InChI is InChI=1S/C13H14BrClN4O2S/c1-2-7-18-22(20,21)19-13-11(12(15)16-8-17-13)9-3-5-10(14)6-4-9/h3-6,8,18H,2,7H2,1H3,(H,16,17,19). The number of benzene rings is 1. The van der Waals surface area contributed by atoms with Gasteiger partial charge in [-0.3, -0.25) is 4.72 Å². The minimum Gasteiger partial charge on any atom is -0.254 e. The molecule has 0 radical (unpaired) electrons. The highest BCUT2D eigenvalue weighted by atomic mass is 79.9. The van der Waals surface area contributed by atoms with Crippen molar-refractivity contribution in [2.45, 2.75) is 13.3 Å². The summed E-state index contributed by atoms with van der Waals surface area (Å²) >= 11 is 9.47. The first-order valence-electron chi connectivity index (χ1n) is 6.47. The van der Waals surface area contributed by atoms with Crippen LogP contribution in [0.2, 0.25) is 5.15 Å². The Hall–Kier alpha value is -1.22. The number of rotatable bonds is 6. The Morgan fingerprint density at radius 1 is 1.23 bits per heavy atom. The van der Waals surface area contributed by atoms with Gasteiger partial charge in [0.05, 0.1) is 5.56 Å². The van der Waals surface area contributed by atoms with Crippen LogP contribution in [0.25, 0.3) is 11.1 Å². The SMILES string of the molecule is CCCNS(=O)(=O)Nc1ncnc(Cl)c1-c1ccc(Br)cc1. The van der Waals surface area contributed by atoms with Gasteiger partial charge in [0.2, 0.25) is 0 Å². The largest absolute Gasteiger partial charge is 0.300 e. The highest BCUT2D eigenvalue weighted by Gasteiger charge is 2.17. The lowest BCUT2D eigenvalue weighted by molar-refractivity contribution is 0.586. The Balaban J connectivity index is 2.41. The second-order valence-corrected chi connectivity index (χ2v) is 7.17. The van der Waals surface area contributed by atoms with Crippen LogP contribution in [0.3, 0.4) is 0 Å². The van der Waals surface area contributed by atoms with Gasteiger partial charge in [0.25, 0.3) is 10.2 Å². The lowest BCUT2D eigenvalue weighted by Crippen LogP contribution is -2.31. The Labute approximate surface area is 142 Å². The van der Waals surface area contributed by atoms with Crippen molar-refractivity contribution < 1.29 is 8.42 Å². The fourth-order valence-electron chi connectivity index (χ4n) is 1.71. The zero-order chi connectivity index (χ0) is 16.2. The van der Waals surface area contributed by atoms with Crippen molar-refractivity contribution in [1.82, 2.24) is 14.7 Å². The van der Waals surface area contributed by atoms with Crippen molar-refractivity contribution in [3.8, 4) is 11.1 Å². The maximum atomic E-state index is 12.0. The first-order chi connectivity index (χ1) is 10.4. The van der Waals surface area contributed by atoms with Crippen LogP contribution in [0.4, 0.5) is 5.82 Å². The molecule has 1 aromatic heterocycles. The summed E-state index contributed by atoms with van der Waals surface area (Å²) in [6.07, 6.45) is 1.90. The predicted octanol–water partition coefficient (Wildman–Crippen LogP) is 3.22. The molecular formula is C13H14BrClN4O2S. The maximum absolute atomic E-state index is 12.0. The summed E-state index contributed by atoms with van der Waals surface area (Å²) in [5, 5.41) is 0.172. The van der Waals surface area contributed by atoms with Gasteiger partial charge in [-0.2, -0.15) is 13.1 Å². The molecule has 1 heterocycles. The zero-order valence-corrected chi connectivity index (χ0v) is 14.8. The molecule has 6 nitrogen and oxygen atoms in total. The summed E-state index contributed by atoms with van der Waals surface area (Å²) in [7, 11) is -3.71. The summed E-state index contributed by atoms with van der Waals surface area (Å²) in [5.74, 6) is 0.130. The molecule has 118 valence electrons. The highest BCUT2D eigenvalue weighted by Crippen LogP contribution is 2.32. The Morgan fingerprint density at radius 3 is 2.55 bits per heavy atom. The number of nitrogens with one attached hydrogen (secondary N) is 2. The van der Waals surface area contributed by atoms with Crippen LogP contribution in [0.15, 0.2) is 35.1 Å². The van der Waals surface area contributed by atoms with Gasteiger partial charge in [0.15, 0.2) is 5.82 Å². The molecule has 0 atom stereocenters. The molecule has 0 amide bonds. The van der Waals surface area contributed by atoms with Crippen molar-refractivity contribution in [1.29, 1.82) is 0 Å². The van der Waals surface area contributed by atoms with Gasteiger partial charge in [-0.05, 0) is 24.1 Å². The van der Waals surface area contributed by atoms with E-state index < -0.39 is 10.2 Å². The number of halogens is 2. The van der Waals surface area contributed by atoms with Crippen molar-refractivity contribution in [2.24, 2.45) is 0 Å². The van der Waals surface area contributed by atoms with Crippen molar-refractivity contribution >= 4 is 43.6 Å². The molecule has 0 bridgehead atoms. The van der Waals surface area contributed by atoms with Crippen LogP contribution >= 0.6 is 27.5 Å². The number of hydrogen-bond acceptors (Lipinski definition) is 4. The first-order valence-corrected chi connectivity index (χ1v) is 9.12. The Morgan fingerprint density at radius 2 is 1.91 bits per heavy atom. The average Bonchev–Trinajstić information content (AvgIpc) is 2.46. The molecule has 0 spiro atoms. The molecule has 1 aromatic carbocycles. The third-order valence-corrected chi connectivity index (χ3v) is 4.57. The molecule has 2 aromatic rings. The smallest absolute Gasteiger partial charge is 0.254 e. The molecule has 2 N–H and O–H groups in total. The monoisotopic (exact) mass is 404 g/mol. The fraction of sp³-hybridized carbons (Fsp3) is 0.231. The van der Waals surface area contributed by atoms with E-state index in [1.807, 2.05) is 19.1 Å². The summed E-state index contributed by atoms with van der Waals surface area (Å²) in [6, 6.07) is 7.25. The second kappa shape index (κ2) is 7.36. The minimum atomic E-state index is -3.71. The quantitative estimate of drug-likeness (QED) is 0.723. The third kappa shape index (κ3) is 4.39. The summed E-state index contributed by atoms with van der Waals surface area (Å²) in [6.45, 7) is 2.21. The Bertz CT molecular complexity index is 753. The third-order valence-electron chi connectivity index (χ3n) is 2.71. The van der Waals surface area contributed by atoms with Gasteiger partial charge in [-0.15, -0.1) is 0 Å². The van der Waals surface area contributed by atoms with E-state index in [0.29, 0.717) is 24.1 Å².